The Morgan fingerprint density at radius 1 is 1.32 bits per heavy atom. The smallest absolute Gasteiger partial charge is 0.262 e. The van der Waals surface area contributed by atoms with Crippen LogP contribution in [0.2, 0.25) is 0 Å². The Balaban J connectivity index is 1.79. The van der Waals surface area contributed by atoms with Crippen LogP contribution in [0.15, 0.2) is 47.6 Å². The first-order chi connectivity index (χ1) is 10.5. The van der Waals surface area contributed by atoms with E-state index in [-0.39, 0.29) is 24.0 Å². The van der Waals surface area contributed by atoms with Crippen molar-refractivity contribution in [3.63, 3.8) is 0 Å². The molecule has 114 valence electrons. The van der Waals surface area contributed by atoms with Gasteiger partial charge in [0.05, 0.1) is 10.6 Å². The van der Waals surface area contributed by atoms with Crippen LogP contribution < -0.4 is 14.8 Å². The summed E-state index contributed by atoms with van der Waals surface area (Å²) in [5.74, 6) is 0.0710. The molecular weight excluding hydrogens is 306 g/mol. The fourth-order valence-electron chi connectivity index (χ4n) is 1.99. The van der Waals surface area contributed by atoms with Gasteiger partial charge in [-0.1, -0.05) is 6.07 Å². The standard InChI is InChI=1S/C14H13N3O4S/c18-14-9-21-13-6-11(3-4-12(13)17-14)22(19,20)16-8-10-2-1-5-15-7-10/h1-7,16H,8-9H2,(H,17,18). The maximum atomic E-state index is 12.3. The summed E-state index contributed by atoms with van der Waals surface area (Å²) in [5, 5.41) is 2.61. The number of benzene rings is 1. The highest BCUT2D eigenvalue weighted by atomic mass is 32.2. The average molecular weight is 319 g/mol. The fraction of sp³-hybridized carbons (Fsp3) is 0.143. The lowest BCUT2D eigenvalue weighted by Crippen LogP contribution is -2.26. The molecule has 8 heteroatoms. The Kier molecular flexibility index (Phi) is 3.78. The predicted octanol–water partition coefficient (Wildman–Crippen LogP) is 0.891. The number of hydrogen-bond acceptors (Lipinski definition) is 5. The van der Waals surface area contributed by atoms with Crippen molar-refractivity contribution in [1.29, 1.82) is 0 Å². The lowest BCUT2D eigenvalue weighted by Gasteiger charge is -2.18. The van der Waals surface area contributed by atoms with Crippen LogP contribution in [-0.4, -0.2) is 25.9 Å². The van der Waals surface area contributed by atoms with Gasteiger partial charge in [-0.15, -0.1) is 0 Å². The van der Waals surface area contributed by atoms with E-state index < -0.39 is 10.0 Å². The summed E-state index contributed by atoms with van der Waals surface area (Å²) in [5.41, 5.74) is 1.22. The molecule has 0 aliphatic carbocycles. The van der Waals surface area contributed by atoms with Crippen molar-refractivity contribution in [2.45, 2.75) is 11.4 Å². The second-order valence-corrected chi connectivity index (χ2v) is 6.45. The summed E-state index contributed by atoms with van der Waals surface area (Å²) in [6, 6.07) is 7.82. The molecule has 3 rings (SSSR count). The summed E-state index contributed by atoms with van der Waals surface area (Å²) in [6.45, 7) is 0.0183. The zero-order valence-electron chi connectivity index (χ0n) is 11.4. The zero-order valence-corrected chi connectivity index (χ0v) is 12.3. The monoisotopic (exact) mass is 319 g/mol. The first kappa shape index (κ1) is 14.5. The van der Waals surface area contributed by atoms with Crippen molar-refractivity contribution in [1.82, 2.24) is 9.71 Å². The molecule has 0 atom stereocenters. The zero-order chi connectivity index (χ0) is 15.6. The molecule has 0 saturated carbocycles. The Labute approximate surface area is 127 Å². The third-order valence-electron chi connectivity index (χ3n) is 3.09. The van der Waals surface area contributed by atoms with Gasteiger partial charge in [-0.05, 0) is 23.8 Å². The van der Waals surface area contributed by atoms with Gasteiger partial charge in [0.2, 0.25) is 10.0 Å². The fourth-order valence-corrected chi connectivity index (χ4v) is 3.02. The molecule has 1 aliphatic heterocycles. The number of nitrogens with zero attached hydrogens (tertiary/aromatic N) is 1. The summed E-state index contributed by atoms with van der Waals surface area (Å²) >= 11 is 0. The third kappa shape index (κ3) is 3.07. The number of amides is 1. The van der Waals surface area contributed by atoms with Crippen molar-refractivity contribution in [2.24, 2.45) is 0 Å². The number of carbonyl (C=O) groups excluding carboxylic acids is 1. The molecule has 2 heterocycles. The second-order valence-electron chi connectivity index (χ2n) is 4.68. The molecule has 1 aromatic heterocycles. The van der Waals surface area contributed by atoms with Crippen LogP contribution in [0.1, 0.15) is 5.56 Å². The molecular formula is C14H13N3O4S. The molecule has 0 spiro atoms. The normalized spacial score (nSPS) is 13.9. The van der Waals surface area contributed by atoms with Crippen molar-refractivity contribution >= 4 is 21.6 Å². The maximum Gasteiger partial charge on any atom is 0.262 e. The molecule has 0 unspecified atom stereocenters. The number of anilines is 1. The highest BCUT2D eigenvalue weighted by molar-refractivity contribution is 7.89. The summed E-state index contributed by atoms with van der Waals surface area (Å²) < 4.78 is 32.3. The van der Waals surface area contributed by atoms with E-state index >= 15 is 0 Å². The van der Waals surface area contributed by atoms with Gasteiger partial charge in [0.1, 0.15) is 5.75 Å². The van der Waals surface area contributed by atoms with E-state index in [1.807, 2.05) is 0 Å². The Morgan fingerprint density at radius 3 is 2.95 bits per heavy atom. The number of sulfonamides is 1. The second kappa shape index (κ2) is 5.74. The van der Waals surface area contributed by atoms with Crippen molar-refractivity contribution < 1.29 is 17.9 Å². The topological polar surface area (TPSA) is 97.4 Å². The van der Waals surface area contributed by atoms with E-state index in [9.17, 15) is 13.2 Å². The number of pyridine rings is 1. The molecule has 2 N–H and O–H groups in total. The number of carbonyl (C=O) groups is 1. The van der Waals surface area contributed by atoms with Gasteiger partial charge in [-0.2, -0.15) is 0 Å². The summed E-state index contributed by atoms with van der Waals surface area (Å²) in [7, 11) is -3.68. The van der Waals surface area contributed by atoms with Gasteiger partial charge in [-0.3, -0.25) is 9.78 Å². The molecule has 2 aromatic rings. The van der Waals surface area contributed by atoms with Gasteiger partial charge >= 0.3 is 0 Å². The summed E-state index contributed by atoms with van der Waals surface area (Å²) in [4.78, 5) is 15.2. The Morgan fingerprint density at radius 2 is 2.18 bits per heavy atom. The van der Waals surface area contributed by atoms with Crippen LogP contribution in [-0.2, 0) is 21.4 Å². The molecule has 1 aliphatic rings. The van der Waals surface area contributed by atoms with Crippen LogP contribution in [0.4, 0.5) is 5.69 Å². The molecule has 1 amide bonds. The minimum Gasteiger partial charge on any atom is -0.482 e. The Hall–Kier alpha value is -2.45. The average Bonchev–Trinajstić information content (AvgIpc) is 2.53. The van der Waals surface area contributed by atoms with Gasteiger partial charge in [0.15, 0.2) is 6.61 Å². The SMILES string of the molecule is O=C1COc2cc(S(=O)(=O)NCc3cccnc3)ccc2N1. The Bertz CT molecular complexity index is 806. The van der Waals surface area contributed by atoms with E-state index in [0.717, 1.165) is 5.56 Å². The number of ether oxygens (including phenoxy) is 1. The van der Waals surface area contributed by atoms with Crippen LogP contribution in [0.5, 0.6) is 5.75 Å². The first-order valence-corrected chi connectivity index (χ1v) is 7.98. The number of rotatable bonds is 4. The van der Waals surface area contributed by atoms with E-state index in [1.54, 1.807) is 24.5 Å². The van der Waals surface area contributed by atoms with E-state index in [1.165, 1.54) is 18.2 Å². The van der Waals surface area contributed by atoms with Crippen LogP contribution in [0.25, 0.3) is 0 Å². The highest BCUT2D eigenvalue weighted by Gasteiger charge is 2.20. The maximum absolute atomic E-state index is 12.3. The van der Waals surface area contributed by atoms with Crippen LogP contribution in [0, 0.1) is 0 Å². The lowest BCUT2D eigenvalue weighted by molar-refractivity contribution is -0.118. The van der Waals surface area contributed by atoms with E-state index in [4.69, 9.17) is 4.74 Å². The van der Waals surface area contributed by atoms with Gasteiger partial charge in [0, 0.05) is 25.0 Å². The van der Waals surface area contributed by atoms with Gasteiger partial charge < -0.3 is 10.1 Å². The molecule has 7 nitrogen and oxygen atoms in total. The molecule has 0 fully saturated rings. The van der Waals surface area contributed by atoms with E-state index in [2.05, 4.69) is 15.0 Å². The van der Waals surface area contributed by atoms with Gasteiger partial charge in [-0.25, -0.2) is 13.1 Å². The number of fused-ring (bicyclic) bond motifs is 1. The molecule has 0 saturated heterocycles. The van der Waals surface area contributed by atoms with Crippen LogP contribution in [0.3, 0.4) is 0 Å². The van der Waals surface area contributed by atoms with Crippen molar-refractivity contribution in [3.05, 3.63) is 48.3 Å². The minimum atomic E-state index is -3.68. The third-order valence-corrected chi connectivity index (χ3v) is 4.48. The molecule has 0 radical (unpaired) electrons. The number of nitrogens with one attached hydrogen (secondary N) is 2. The van der Waals surface area contributed by atoms with Crippen molar-refractivity contribution in [3.8, 4) is 5.75 Å². The van der Waals surface area contributed by atoms with Crippen molar-refractivity contribution in [2.75, 3.05) is 11.9 Å². The lowest BCUT2D eigenvalue weighted by atomic mass is 10.2. The molecule has 22 heavy (non-hydrogen) atoms. The van der Waals surface area contributed by atoms with Gasteiger partial charge in [0.25, 0.3) is 5.91 Å². The molecule has 1 aromatic carbocycles. The summed E-state index contributed by atoms with van der Waals surface area (Å²) in [6.07, 6.45) is 3.21. The minimum absolute atomic E-state index is 0.0753. The predicted molar refractivity (Wildman–Crippen MR) is 78.8 cm³/mol. The van der Waals surface area contributed by atoms with E-state index in [0.29, 0.717) is 11.4 Å². The highest BCUT2D eigenvalue weighted by Crippen LogP contribution is 2.30. The molecule has 0 bridgehead atoms. The largest absolute Gasteiger partial charge is 0.482 e. The first-order valence-electron chi connectivity index (χ1n) is 6.50. The quantitative estimate of drug-likeness (QED) is 0.872. The number of hydrogen-bond donors (Lipinski definition) is 2. The number of aromatic nitrogens is 1. The van der Waals surface area contributed by atoms with Crippen LogP contribution >= 0.6 is 0 Å².